The highest BCUT2D eigenvalue weighted by Crippen LogP contribution is 2.19. The van der Waals surface area contributed by atoms with Crippen LogP contribution in [0.5, 0.6) is 17.2 Å². The van der Waals surface area contributed by atoms with E-state index in [0.717, 1.165) is 18.4 Å². The quantitative estimate of drug-likeness (QED) is 0.144. The Kier molecular flexibility index (Phi) is 12.4. The second-order valence-corrected chi connectivity index (χ2v) is 7.23. The standard InChI is InChI=1S/C15H13NO5.C8H10O.C2H3ClO/c1-2-11-3-7-13(8-4-11)20-15(17)21-14-9-5-12(6-10-14)16(18)19;1-2-7-3-5-8(9)6-4-7;1-2(3)4/h3-10H,2H2,1H3;3-6,9H,2H2,1H3;1H3. The summed E-state index contributed by atoms with van der Waals surface area (Å²) in [4.78, 5) is 30.8. The number of carbonyl (C=O) groups excluding carboxylic acids is 2. The third-order valence-corrected chi connectivity index (χ3v) is 4.13. The molecule has 0 aromatic heterocycles. The van der Waals surface area contributed by atoms with Crippen LogP contribution in [0.2, 0.25) is 0 Å². The van der Waals surface area contributed by atoms with Crippen molar-refractivity contribution in [3.8, 4) is 17.2 Å². The van der Waals surface area contributed by atoms with Crippen molar-refractivity contribution < 1.29 is 29.1 Å². The molecule has 0 atom stereocenters. The Morgan fingerprint density at radius 1 is 0.824 bits per heavy atom. The van der Waals surface area contributed by atoms with Gasteiger partial charge < -0.3 is 14.6 Å². The van der Waals surface area contributed by atoms with Crippen molar-refractivity contribution in [3.05, 3.63) is 94.0 Å². The Bertz CT molecular complexity index is 1050. The van der Waals surface area contributed by atoms with Gasteiger partial charge in [-0.1, -0.05) is 38.1 Å². The molecule has 0 radical (unpaired) electrons. The van der Waals surface area contributed by atoms with Crippen LogP contribution in [0.15, 0.2) is 72.8 Å². The zero-order chi connectivity index (χ0) is 25.5. The minimum atomic E-state index is -0.895. The average molecular weight is 488 g/mol. The van der Waals surface area contributed by atoms with E-state index in [4.69, 9.17) is 14.6 Å². The van der Waals surface area contributed by atoms with Gasteiger partial charge in [-0.05, 0) is 72.0 Å². The summed E-state index contributed by atoms with van der Waals surface area (Å²) in [7, 11) is 0. The summed E-state index contributed by atoms with van der Waals surface area (Å²) in [5.41, 5.74) is 2.31. The minimum absolute atomic E-state index is 0.0779. The van der Waals surface area contributed by atoms with Crippen molar-refractivity contribution in [1.82, 2.24) is 0 Å². The summed E-state index contributed by atoms with van der Waals surface area (Å²) < 4.78 is 9.93. The first-order valence-corrected chi connectivity index (χ1v) is 10.7. The Balaban J connectivity index is 0.000000366. The first-order valence-electron chi connectivity index (χ1n) is 10.3. The van der Waals surface area contributed by atoms with Crippen molar-refractivity contribution in [1.29, 1.82) is 0 Å². The van der Waals surface area contributed by atoms with Crippen molar-refractivity contribution in [3.63, 3.8) is 0 Å². The molecule has 0 heterocycles. The van der Waals surface area contributed by atoms with Gasteiger partial charge in [-0.2, -0.15) is 0 Å². The molecular weight excluding hydrogens is 462 g/mol. The zero-order valence-electron chi connectivity index (χ0n) is 19.1. The molecular formula is C25H26ClNO7. The predicted octanol–water partition coefficient (Wildman–Crippen LogP) is 6.46. The maximum atomic E-state index is 11.6. The number of phenols is 1. The number of rotatable bonds is 5. The summed E-state index contributed by atoms with van der Waals surface area (Å²) >= 11 is 4.64. The SMILES string of the molecule is CC(=O)Cl.CCc1ccc(O)cc1.CCc1ccc(OC(=O)Oc2ccc([N+](=O)[O-])cc2)cc1. The lowest BCUT2D eigenvalue weighted by atomic mass is 10.2. The third-order valence-electron chi connectivity index (χ3n) is 4.13. The van der Waals surface area contributed by atoms with E-state index >= 15 is 0 Å². The fourth-order valence-corrected chi connectivity index (χ4v) is 2.37. The molecule has 0 aliphatic rings. The van der Waals surface area contributed by atoms with E-state index in [2.05, 4.69) is 18.5 Å². The van der Waals surface area contributed by atoms with Crippen LogP contribution in [-0.2, 0) is 17.6 Å². The van der Waals surface area contributed by atoms with Crippen LogP contribution in [0, 0.1) is 10.1 Å². The minimum Gasteiger partial charge on any atom is -0.508 e. The van der Waals surface area contributed by atoms with E-state index in [0.29, 0.717) is 11.5 Å². The molecule has 0 fully saturated rings. The number of halogens is 1. The number of nitro benzene ring substituents is 1. The molecule has 0 aliphatic carbocycles. The van der Waals surface area contributed by atoms with E-state index in [1.807, 2.05) is 31.2 Å². The summed E-state index contributed by atoms with van der Waals surface area (Å²) in [6.45, 7) is 5.41. The lowest BCUT2D eigenvalue weighted by Crippen LogP contribution is -2.13. The maximum absolute atomic E-state index is 11.6. The molecule has 1 N–H and O–H groups in total. The first kappa shape index (κ1) is 28.1. The summed E-state index contributed by atoms with van der Waals surface area (Å²) in [5, 5.41) is 19.0. The molecule has 8 nitrogen and oxygen atoms in total. The molecule has 0 saturated heterocycles. The summed E-state index contributed by atoms with van der Waals surface area (Å²) in [6.07, 6.45) is 1.03. The average Bonchev–Trinajstić information content (AvgIpc) is 2.80. The number of ether oxygens (including phenoxy) is 2. The maximum Gasteiger partial charge on any atom is 0.519 e. The molecule has 3 aromatic rings. The highest BCUT2D eigenvalue weighted by molar-refractivity contribution is 6.62. The van der Waals surface area contributed by atoms with E-state index in [-0.39, 0.29) is 16.7 Å². The molecule has 180 valence electrons. The van der Waals surface area contributed by atoms with Crippen LogP contribution in [0.25, 0.3) is 0 Å². The highest BCUT2D eigenvalue weighted by atomic mass is 35.5. The fourth-order valence-electron chi connectivity index (χ4n) is 2.37. The molecule has 34 heavy (non-hydrogen) atoms. The Morgan fingerprint density at radius 3 is 1.53 bits per heavy atom. The van der Waals surface area contributed by atoms with Crippen molar-refractivity contribution in [2.45, 2.75) is 33.6 Å². The highest BCUT2D eigenvalue weighted by Gasteiger charge is 2.10. The number of non-ortho nitro benzene ring substituents is 1. The van der Waals surface area contributed by atoms with Gasteiger partial charge in [0.15, 0.2) is 0 Å². The van der Waals surface area contributed by atoms with E-state index < -0.39 is 11.1 Å². The number of nitro groups is 1. The lowest BCUT2D eigenvalue weighted by molar-refractivity contribution is -0.384. The lowest BCUT2D eigenvalue weighted by Gasteiger charge is -2.05. The summed E-state index contributed by atoms with van der Waals surface area (Å²) in [5.74, 6) is 0.891. The Hall–Kier alpha value is -3.91. The molecule has 3 aromatic carbocycles. The van der Waals surface area contributed by atoms with E-state index in [1.54, 1.807) is 24.3 Å². The van der Waals surface area contributed by atoms with Gasteiger partial charge in [-0.15, -0.1) is 0 Å². The van der Waals surface area contributed by atoms with Crippen LogP contribution in [0.3, 0.4) is 0 Å². The van der Waals surface area contributed by atoms with Gasteiger partial charge in [-0.25, -0.2) is 4.79 Å². The monoisotopic (exact) mass is 487 g/mol. The van der Waals surface area contributed by atoms with Crippen molar-refractivity contribution >= 4 is 28.7 Å². The van der Waals surface area contributed by atoms with Crippen LogP contribution < -0.4 is 9.47 Å². The van der Waals surface area contributed by atoms with Crippen LogP contribution in [0.4, 0.5) is 10.5 Å². The molecule has 9 heteroatoms. The number of nitrogens with zero attached hydrogens (tertiary/aromatic N) is 1. The van der Waals surface area contributed by atoms with Gasteiger partial charge in [0.1, 0.15) is 17.2 Å². The number of aromatic hydroxyl groups is 1. The first-order chi connectivity index (χ1) is 16.1. The molecule has 0 amide bonds. The number of carbonyl (C=O) groups is 2. The normalized spacial score (nSPS) is 9.41. The van der Waals surface area contributed by atoms with Crippen LogP contribution >= 0.6 is 11.6 Å². The topological polar surface area (TPSA) is 116 Å². The van der Waals surface area contributed by atoms with Crippen molar-refractivity contribution in [2.24, 2.45) is 0 Å². The third kappa shape index (κ3) is 11.6. The molecule has 0 bridgehead atoms. The molecule has 0 unspecified atom stereocenters. The largest absolute Gasteiger partial charge is 0.519 e. The number of hydrogen-bond donors (Lipinski definition) is 1. The Labute approximate surface area is 202 Å². The second kappa shape index (κ2) is 15.0. The molecule has 0 spiro atoms. The van der Waals surface area contributed by atoms with Gasteiger partial charge >= 0.3 is 6.16 Å². The van der Waals surface area contributed by atoms with Crippen molar-refractivity contribution in [2.75, 3.05) is 0 Å². The predicted molar refractivity (Wildman–Crippen MR) is 130 cm³/mol. The molecule has 0 saturated carbocycles. The van der Waals surface area contributed by atoms with Gasteiger partial charge in [0, 0.05) is 19.1 Å². The van der Waals surface area contributed by atoms with Gasteiger partial charge in [0.05, 0.1) is 4.92 Å². The van der Waals surface area contributed by atoms with E-state index in [1.165, 1.54) is 36.8 Å². The van der Waals surface area contributed by atoms with E-state index in [9.17, 15) is 19.7 Å². The van der Waals surface area contributed by atoms with Gasteiger partial charge in [0.25, 0.3) is 5.69 Å². The molecule has 0 aliphatic heterocycles. The van der Waals surface area contributed by atoms with Crippen LogP contribution in [-0.4, -0.2) is 21.4 Å². The zero-order valence-corrected chi connectivity index (χ0v) is 19.8. The Morgan fingerprint density at radius 2 is 1.18 bits per heavy atom. The second-order valence-electron chi connectivity index (χ2n) is 6.69. The van der Waals surface area contributed by atoms with Gasteiger partial charge in [0.2, 0.25) is 5.24 Å². The number of aryl methyl sites for hydroxylation is 2. The smallest absolute Gasteiger partial charge is 0.508 e. The number of phenolic OH excluding ortho intramolecular Hbond substituents is 1. The van der Waals surface area contributed by atoms with Gasteiger partial charge in [-0.3, -0.25) is 14.9 Å². The number of hydrogen-bond acceptors (Lipinski definition) is 7. The fraction of sp³-hybridized carbons (Fsp3) is 0.200. The summed E-state index contributed by atoms with van der Waals surface area (Å²) in [6, 6.07) is 19.5. The molecule has 3 rings (SSSR count). The van der Waals surface area contributed by atoms with Crippen LogP contribution in [0.1, 0.15) is 31.9 Å². The number of benzene rings is 3.